The molecule has 2 heterocycles. The summed E-state index contributed by atoms with van der Waals surface area (Å²) >= 11 is 0. The molecule has 4 atom stereocenters. The number of anilines is 2. The number of sulfonamides is 2. The largest absolute Gasteiger partial charge is 0.511 e. The van der Waals surface area contributed by atoms with Crippen LogP contribution in [0.5, 0.6) is 0 Å². The van der Waals surface area contributed by atoms with Crippen molar-refractivity contribution in [2.45, 2.75) is 49.2 Å². The second kappa shape index (κ2) is 7.87. The van der Waals surface area contributed by atoms with Crippen molar-refractivity contribution in [3.8, 4) is 0 Å². The fraction of sp³-hybridized carbons (Fsp3) is 0.565. The number of aliphatic hydroxyl groups is 1. The third-order valence-electron chi connectivity index (χ3n) is 8.47. The van der Waals surface area contributed by atoms with E-state index in [1.54, 1.807) is 0 Å². The van der Waals surface area contributed by atoms with E-state index >= 15 is 0 Å². The molecule has 1 amide bonds. The molecule has 6 rings (SSSR count). The maximum absolute atomic E-state index is 13.9. The van der Waals surface area contributed by atoms with E-state index in [9.17, 15) is 39.9 Å². The van der Waals surface area contributed by atoms with Gasteiger partial charge in [0.15, 0.2) is 5.84 Å². The van der Waals surface area contributed by atoms with Crippen LogP contribution >= 0.6 is 0 Å². The summed E-state index contributed by atoms with van der Waals surface area (Å²) in [6.45, 7) is -0.548. The van der Waals surface area contributed by atoms with Crippen molar-refractivity contribution in [1.82, 2.24) is 4.90 Å². The number of nitrogens with zero attached hydrogens (tertiary/aromatic N) is 2. The number of hydrogen-bond acceptors (Lipinski definition) is 7. The molecular formula is C23H25F3N4O6S2. The first kappa shape index (κ1) is 25.5. The Morgan fingerprint density at radius 2 is 1.92 bits per heavy atom. The van der Waals surface area contributed by atoms with Gasteiger partial charge in [0.05, 0.1) is 17.4 Å². The lowest BCUT2D eigenvalue weighted by molar-refractivity contribution is -0.195. The number of alkyl halides is 3. The quantitative estimate of drug-likeness (QED) is 0.490. The summed E-state index contributed by atoms with van der Waals surface area (Å²) in [7, 11) is -8.16. The molecule has 206 valence electrons. The molecular weight excluding hydrogens is 549 g/mol. The van der Waals surface area contributed by atoms with Gasteiger partial charge in [0.25, 0.3) is 15.9 Å². The highest BCUT2D eigenvalue weighted by molar-refractivity contribution is 7.92. The van der Waals surface area contributed by atoms with Crippen LogP contribution in [0.1, 0.15) is 32.1 Å². The first-order valence-electron chi connectivity index (χ1n) is 12.2. The van der Waals surface area contributed by atoms with E-state index < -0.39 is 67.5 Å². The lowest BCUT2D eigenvalue weighted by Gasteiger charge is -2.45. The predicted molar refractivity (Wildman–Crippen MR) is 130 cm³/mol. The standard InChI is InChI=1S/C23H25F3N4O6S2/c1-37(33,34)28-13-4-5-14-15(9-13)38(35,36)29-20(27-14)17-19(31)16-11-2-3-12(8-11)18(16)30(21(17)32)10-22(6-7-22)23(24,25)26/h4-5,9,11-12,16,18,28,31H,2-3,6-8,10H2,1H3,(H,27,29)/t11-,12+,16+,18-/m0/s1. The van der Waals surface area contributed by atoms with Crippen LogP contribution in [0.2, 0.25) is 0 Å². The van der Waals surface area contributed by atoms with Crippen molar-refractivity contribution in [3.63, 3.8) is 0 Å². The van der Waals surface area contributed by atoms with E-state index in [1.165, 1.54) is 17.0 Å². The summed E-state index contributed by atoms with van der Waals surface area (Å²) in [5, 5.41) is 14.0. The Kier molecular flexibility index (Phi) is 5.27. The summed E-state index contributed by atoms with van der Waals surface area (Å²) in [4.78, 5) is 14.6. The van der Waals surface area contributed by atoms with Gasteiger partial charge < -0.3 is 15.3 Å². The zero-order valence-electron chi connectivity index (χ0n) is 20.1. The van der Waals surface area contributed by atoms with Crippen molar-refractivity contribution in [2.24, 2.45) is 27.6 Å². The highest BCUT2D eigenvalue weighted by Crippen LogP contribution is 2.61. The number of amidine groups is 1. The minimum atomic E-state index is -4.50. The fourth-order valence-corrected chi connectivity index (χ4v) is 8.31. The molecule has 1 aromatic carbocycles. The third kappa shape index (κ3) is 3.88. The van der Waals surface area contributed by atoms with Gasteiger partial charge in [-0.3, -0.25) is 9.52 Å². The number of aliphatic hydroxyl groups excluding tert-OH is 1. The lowest BCUT2D eigenvalue weighted by atomic mass is 9.77. The number of rotatable bonds is 5. The molecule has 3 fully saturated rings. The Morgan fingerprint density at radius 3 is 2.55 bits per heavy atom. The minimum Gasteiger partial charge on any atom is -0.511 e. The first-order chi connectivity index (χ1) is 17.6. The first-order valence-corrected chi connectivity index (χ1v) is 15.5. The van der Waals surface area contributed by atoms with Gasteiger partial charge in [0.1, 0.15) is 16.2 Å². The molecule has 2 bridgehead atoms. The highest BCUT2D eigenvalue weighted by atomic mass is 32.2. The monoisotopic (exact) mass is 574 g/mol. The molecule has 0 unspecified atom stereocenters. The fourth-order valence-electron chi connectivity index (χ4n) is 6.60. The summed E-state index contributed by atoms with van der Waals surface area (Å²) in [5.41, 5.74) is -2.48. The summed E-state index contributed by atoms with van der Waals surface area (Å²) in [6.07, 6.45) is -1.60. The van der Waals surface area contributed by atoms with Crippen molar-refractivity contribution in [3.05, 3.63) is 29.5 Å². The van der Waals surface area contributed by atoms with Crippen LogP contribution in [-0.2, 0) is 24.8 Å². The van der Waals surface area contributed by atoms with Gasteiger partial charge in [-0.25, -0.2) is 8.42 Å². The van der Waals surface area contributed by atoms with Crippen molar-refractivity contribution < 1.29 is 39.9 Å². The van der Waals surface area contributed by atoms with Gasteiger partial charge in [-0.1, -0.05) is 0 Å². The van der Waals surface area contributed by atoms with Gasteiger partial charge in [-0.2, -0.15) is 21.6 Å². The Labute approximate surface area is 217 Å². The lowest BCUT2D eigenvalue weighted by Crippen LogP contribution is -2.57. The summed E-state index contributed by atoms with van der Waals surface area (Å²) < 4.78 is 96.8. The normalized spacial score (nSPS) is 30.9. The molecule has 1 aromatic rings. The number of hydrogen-bond donors (Lipinski definition) is 3. The molecule has 38 heavy (non-hydrogen) atoms. The molecule has 10 nitrogen and oxygen atoms in total. The average molecular weight is 575 g/mol. The van der Waals surface area contributed by atoms with Crippen LogP contribution in [-0.4, -0.2) is 63.6 Å². The van der Waals surface area contributed by atoms with Gasteiger partial charge in [-0.05, 0) is 62.1 Å². The topological polar surface area (TPSA) is 145 Å². The Bertz CT molecular complexity index is 1530. The van der Waals surface area contributed by atoms with Crippen molar-refractivity contribution in [2.75, 3.05) is 22.8 Å². The van der Waals surface area contributed by atoms with E-state index in [0.717, 1.165) is 25.2 Å². The van der Waals surface area contributed by atoms with Crippen molar-refractivity contribution in [1.29, 1.82) is 0 Å². The van der Waals surface area contributed by atoms with Crippen molar-refractivity contribution >= 4 is 43.2 Å². The van der Waals surface area contributed by atoms with Crippen LogP contribution in [0.25, 0.3) is 0 Å². The molecule has 0 radical (unpaired) electrons. The molecule has 15 heteroatoms. The number of halogens is 3. The molecule has 0 aromatic heterocycles. The molecule has 3 N–H and O–H groups in total. The second-order valence-corrected chi connectivity index (χ2v) is 14.3. The maximum Gasteiger partial charge on any atom is 0.396 e. The van der Waals surface area contributed by atoms with Crippen LogP contribution < -0.4 is 10.0 Å². The minimum absolute atomic E-state index is 0.0160. The van der Waals surface area contributed by atoms with E-state index in [2.05, 4.69) is 14.4 Å². The zero-order chi connectivity index (χ0) is 27.4. The average Bonchev–Trinajstić information content (AvgIpc) is 3.30. The van der Waals surface area contributed by atoms with Gasteiger partial charge in [-0.15, -0.1) is 4.40 Å². The second-order valence-electron chi connectivity index (χ2n) is 10.9. The zero-order valence-corrected chi connectivity index (χ0v) is 21.8. The van der Waals surface area contributed by atoms with E-state index in [4.69, 9.17) is 0 Å². The molecule has 5 aliphatic rings. The van der Waals surface area contributed by atoms with Gasteiger partial charge in [0, 0.05) is 24.2 Å². The number of nitrogens with one attached hydrogen (secondary N) is 2. The molecule has 3 saturated carbocycles. The molecule has 3 aliphatic carbocycles. The van der Waals surface area contributed by atoms with E-state index in [0.29, 0.717) is 6.42 Å². The number of amides is 1. The maximum atomic E-state index is 13.9. The van der Waals surface area contributed by atoms with Crippen LogP contribution in [0.15, 0.2) is 38.8 Å². The van der Waals surface area contributed by atoms with Crippen LogP contribution in [0.3, 0.4) is 0 Å². The Morgan fingerprint density at radius 1 is 1.24 bits per heavy atom. The third-order valence-corrected chi connectivity index (χ3v) is 10.4. The van der Waals surface area contributed by atoms with E-state index in [-0.39, 0.29) is 46.7 Å². The van der Waals surface area contributed by atoms with Gasteiger partial charge in [0.2, 0.25) is 10.0 Å². The molecule has 0 spiro atoms. The number of fused-ring (bicyclic) bond motifs is 6. The van der Waals surface area contributed by atoms with Gasteiger partial charge >= 0.3 is 6.18 Å². The SMILES string of the molecule is CS(=O)(=O)Nc1ccc2c(c1)S(=O)(=O)N=C(C1=C(O)[C@@H]3[C@H]4CC[C@H](C4)[C@@H]3N(CC3(C(F)(F)F)CC3)C1=O)N2. The number of carbonyl (C=O) groups is 1. The molecule has 0 saturated heterocycles. The Hall–Kier alpha value is -2.81. The van der Waals surface area contributed by atoms with Crippen LogP contribution in [0, 0.1) is 23.2 Å². The smallest absolute Gasteiger partial charge is 0.396 e. The molecule has 2 aliphatic heterocycles. The Balaban J connectivity index is 1.41. The predicted octanol–water partition coefficient (Wildman–Crippen LogP) is 2.98. The number of benzene rings is 1. The number of carbonyl (C=O) groups excluding carboxylic acids is 1. The highest BCUT2D eigenvalue weighted by Gasteiger charge is 2.66. The summed E-state index contributed by atoms with van der Waals surface area (Å²) in [5.74, 6) is -2.36. The van der Waals surface area contributed by atoms with E-state index in [1.807, 2.05) is 0 Å². The van der Waals surface area contributed by atoms with Crippen LogP contribution in [0.4, 0.5) is 24.5 Å². The summed E-state index contributed by atoms with van der Waals surface area (Å²) in [6, 6.07) is 3.07.